The van der Waals surface area contributed by atoms with Crippen LogP contribution in [0.3, 0.4) is 0 Å². The van der Waals surface area contributed by atoms with Crippen molar-refractivity contribution >= 4 is 22.4 Å². The normalized spacial score (nSPS) is 18.4. The van der Waals surface area contributed by atoms with E-state index in [1.807, 2.05) is 5.38 Å². The molecule has 0 aliphatic carbocycles. The lowest BCUT2D eigenvalue weighted by molar-refractivity contribution is -0.142. The summed E-state index contributed by atoms with van der Waals surface area (Å²) in [5, 5.41) is 15.2. The van der Waals surface area contributed by atoms with Crippen molar-refractivity contribution in [2.24, 2.45) is 0 Å². The van der Waals surface area contributed by atoms with Crippen molar-refractivity contribution in [3.63, 3.8) is 0 Å². The zero-order valence-electron chi connectivity index (χ0n) is 13.1. The lowest BCUT2D eigenvalue weighted by Gasteiger charge is -2.32. The fraction of sp³-hybridized carbons (Fsp3) is 0.733. The molecule has 1 aliphatic rings. The van der Waals surface area contributed by atoms with Crippen LogP contribution in [0, 0.1) is 0 Å². The summed E-state index contributed by atoms with van der Waals surface area (Å²) in [6.45, 7) is 8.81. The number of rotatable bonds is 6. The van der Waals surface area contributed by atoms with Gasteiger partial charge in [-0.15, -0.1) is 11.3 Å². The first-order valence-corrected chi connectivity index (χ1v) is 8.46. The molecule has 0 radical (unpaired) electrons. The highest BCUT2D eigenvalue weighted by Crippen LogP contribution is 2.27. The monoisotopic (exact) mass is 311 g/mol. The van der Waals surface area contributed by atoms with Crippen molar-refractivity contribution in [1.82, 2.24) is 9.88 Å². The van der Waals surface area contributed by atoms with Gasteiger partial charge in [0, 0.05) is 18.0 Å². The Morgan fingerprint density at radius 2 is 2.14 bits per heavy atom. The topological polar surface area (TPSA) is 65.5 Å². The number of piperidine rings is 1. The van der Waals surface area contributed by atoms with E-state index in [0.29, 0.717) is 11.7 Å². The Bertz CT molecular complexity index is 481. The smallest absolute Gasteiger partial charge is 0.315 e. The van der Waals surface area contributed by atoms with E-state index < -0.39 is 11.4 Å². The maximum absolute atomic E-state index is 11.2. The van der Waals surface area contributed by atoms with Crippen molar-refractivity contribution in [2.45, 2.75) is 51.5 Å². The summed E-state index contributed by atoms with van der Waals surface area (Å²) in [4.78, 5) is 18.2. The minimum absolute atomic E-state index is 0.477. The first-order valence-electron chi connectivity index (χ1n) is 7.58. The van der Waals surface area contributed by atoms with Crippen LogP contribution in [0.15, 0.2) is 5.38 Å². The van der Waals surface area contributed by atoms with E-state index in [1.54, 1.807) is 13.8 Å². The van der Waals surface area contributed by atoms with Crippen LogP contribution in [-0.2, 0) is 10.2 Å². The molecule has 2 rings (SSSR count). The molecule has 0 saturated carbocycles. The molecule has 1 atom stereocenters. The van der Waals surface area contributed by atoms with E-state index >= 15 is 0 Å². The molecular weight excluding hydrogens is 286 g/mol. The van der Waals surface area contributed by atoms with E-state index in [4.69, 9.17) is 0 Å². The fourth-order valence-electron chi connectivity index (χ4n) is 2.47. The summed E-state index contributed by atoms with van der Waals surface area (Å²) in [6.07, 6.45) is 3.92. The van der Waals surface area contributed by atoms with E-state index in [1.165, 1.54) is 43.7 Å². The van der Waals surface area contributed by atoms with Crippen LogP contribution in [0.4, 0.5) is 5.13 Å². The highest BCUT2D eigenvalue weighted by Gasteiger charge is 2.32. The standard InChI is InChI=1S/C15H25N3O2S/c1-11(18-7-5-4-6-8-18)9-16-14-17-12(10-21-14)15(2,3)13(19)20/h10-11H,4-9H2,1-3H3,(H,16,17)(H,19,20). The third kappa shape index (κ3) is 3.95. The summed E-state index contributed by atoms with van der Waals surface area (Å²) in [7, 11) is 0. The Hall–Kier alpha value is -1.14. The molecule has 1 unspecified atom stereocenters. The Balaban J connectivity index is 1.89. The van der Waals surface area contributed by atoms with Crippen LogP contribution >= 0.6 is 11.3 Å². The number of nitrogens with one attached hydrogen (secondary N) is 1. The van der Waals surface area contributed by atoms with Crippen molar-refractivity contribution in [2.75, 3.05) is 25.0 Å². The zero-order valence-corrected chi connectivity index (χ0v) is 13.9. The van der Waals surface area contributed by atoms with Crippen LogP contribution in [-0.4, -0.2) is 46.6 Å². The van der Waals surface area contributed by atoms with Gasteiger partial charge in [-0.2, -0.15) is 0 Å². The highest BCUT2D eigenvalue weighted by atomic mass is 32.1. The Morgan fingerprint density at radius 1 is 1.48 bits per heavy atom. The number of hydrogen-bond acceptors (Lipinski definition) is 5. The lowest BCUT2D eigenvalue weighted by atomic mass is 9.90. The minimum Gasteiger partial charge on any atom is -0.481 e. The molecule has 118 valence electrons. The first-order chi connectivity index (χ1) is 9.91. The number of anilines is 1. The van der Waals surface area contributed by atoms with Gasteiger partial charge in [0.15, 0.2) is 5.13 Å². The van der Waals surface area contributed by atoms with Gasteiger partial charge in [0.25, 0.3) is 0 Å². The molecule has 2 N–H and O–H groups in total. The summed E-state index contributed by atoms with van der Waals surface area (Å²) >= 11 is 1.48. The number of nitrogens with zero attached hydrogens (tertiary/aromatic N) is 2. The molecule has 5 nitrogen and oxygen atoms in total. The number of carbonyl (C=O) groups is 1. The van der Waals surface area contributed by atoms with Crippen LogP contribution in [0.2, 0.25) is 0 Å². The summed E-state index contributed by atoms with van der Waals surface area (Å²) in [5.41, 5.74) is -0.317. The first kappa shape index (κ1) is 16.2. The zero-order chi connectivity index (χ0) is 15.5. The SMILES string of the molecule is CC(CNc1nc(C(C)(C)C(=O)O)cs1)N1CCCCC1. The predicted octanol–water partition coefficient (Wildman–Crippen LogP) is 2.79. The molecule has 0 bridgehead atoms. The molecule has 0 amide bonds. The summed E-state index contributed by atoms with van der Waals surface area (Å²) in [6, 6.07) is 0.477. The number of thiazole rings is 1. The molecule has 2 heterocycles. The van der Waals surface area contributed by atoms with Gasteiger partial charge in [-0.1, -0.05) is 6.42 Å². The van der Waals surface area contributed by atoms with Gasteiger partial charge >= 0.3 is 5.97 Å². The second-order valence-electron chi connectivity index (χ2n) is 6.29. The molecule has 1 aromatic heterocycles. The van der Waals surface area contributed by atoms with Crippen LogP contribution in [0.25, 0.3) is 0 Å². The van der Waals surface area contributed by atoms with E-state index in [0.717, 1.165) is 11.7 Å². The van der Waals surface area contributed by atoms with Gasteiger partial charge < -0.3 is 10.4 Å². The molecule has 1 aromatic rings. The second-order valence-corrected chi connectivity index (χ2v) is 7.15. The number of carboxylic acid groups (broad SMARTS) is 1. The van der Waals surface area contributed by atoms with Gasteiger partial charge in [0.05, 0.1) is 5.69 Å². The molecule has 21 heavy (non-hydrogen) atoms. The Morgan fingerprint density at radius 3 is 2.76 bits per heavy atom. The fourth-order valence-corrected chi connectivity index (χ4v) is 3.36. The van der Waals surface area contributed by atoms with Gasteiger partial charge in [-0.05, 0) is 46.7 Å². The van der Waals surface area contributed by atoms with E-state index in [2.05, 4.69) is 22.1 Å². The minimum atomic E-state index is -0.936. The number of aliphatic carboxylic acids is 1. The lowest BCUT2D eigenvalue weighted by Crippen LogP contribution is -2.41. The van der Waals surface area contributed by atoms with Crippen LogP contribution < -0.4 is 5.32 Å². The Kier molecular flexibility index (Phi) is 5.22. The molecular formula is C15H25N3O2S. The van der Waals surface area contributed by atoms with Gasteiger partial charge in [-0.3, -0.25) is 9.69 Å². The third-order valence-corrected chi connectivity index (χ3v) is 5.04. The average Bonchev–Trinajstić information content (AvgIpc) is 2.95. The van der Waals surface area contributed by atoms with Crippen molar-refractivity contribution < 1.29 is 9.90 Å². The quantitative estimate of drug-likeness (QED) is 0.845. The molecule has 1 fully saturated rings. The largest absolute Gasteiger partial charge is 0.481 e. The summed E-state index contributed by atoms with van der Waals surface area (Å²) in [5.74, 6) is -0.846. The van der Waals surface area contributed by atoms with Gasteiger partial charge in [0.1, 0.15) is 5.41 Å². The molecule has 0 spiro atoms. The number of aromatic nitrogens is 1. The maximum Gasteiger partial charge on any atom is 0.315 e. The highest BCUT2D eigenvalue weighted by molar-refractivity contribution is 7.13. The van der Waals surface area contributed by atoms with Crippen LogP contribution in [0.5, 0.6) is 0 Å². The van der Waals surface area contributed by atoms with E-state index in [-0.39, 0.29) is 0 Å². The molecule has 6 heteroatoms. The summed E-state index contributed by atoms with van der Waals surface area (Å²) < 4.78 is 0. The number of likely N-dealkylation sites (tertiary alicyclic amines) is 1. The Labute approximate surface area is 130 Å². The van der Waals surface area contributed by atoms with Crippen molar-refractivity contribution in [3.05, 3.63) is 11.1 Å². The number of hydrogen-bond donors (Lipinski definition) is 2. The predicted molar refractivity (Wildman–Crippen MR) is 86.2 cm³/mol. The van der Waals surface area contributed by atoms with Crippen molar-refractivity contribution in [3.8, 4) is 0 Å². The average molecular weight is 311 g/mol. The molecule has 1 aliphatic heterocycles. The second kappa shape index (κ2) is 6.75. The maximum atomic E-state index is 11.2. The van der Waals surface area contributed by atoms with Gasteiger partial charge in [-0.25, -0.2) is 4.98 Å². The van der Waals surface area contributed by atoms with Gasteiger partial charge in [0.2, 0.25) is 0 Å². The number of carboxylic acids is 1. The third-order valence-electron chi connectivity index (χ3n) is 4.24. The molecule has 0 aromatic carbocycles. The van der Waals surface area contributed by atoms with Crippen LogP contribution in [0.1, 0.15) is 45.7 Å². The van der Waals surface area contributed by atoms with Crippen molar-refractivity contribution in [1.29, 1.82) is 0 Å². The van der Waals surface area contributed by atoms with E-state index in [9.17, 15) is 9.90 Å². The molecule has 1 saturated heterocycles.